The van der Waals surface area contributed by atoms with Gasteiger partial charge in [-0.3, -0.25) is 9.89 Å². The summed E-state index contributed by atoms with van der Waals surface area (Å²) in [6.45, 7) is 0.638. The van der Waals surface area contributed by atoms with Crippen LogP contribution >= 0.6 is 0 Å². The molecule has 0 saturated carbocycles. The molecule has 17 heavy (non-hydrogen) atoms. The lowest BCUT2D eigenvalue weighted by atomic mass is 10.0. The minimum atomic E-state index is -0.144. The Morgan fingerprint density at radius 1 is 1.35 bits per heavy atom. The first-order valence-electron chi connectivity index (χ1n) is 5.47. The van der Waals surface area contributed by atoms with Gasteiger partial charge in [0, 0.05) is 18.3 Å². The summed E-state index contributed by atoms with van der Waals surface area (Å²) in [6, 6.07) is 9.60. The molecule has 1 aliphatic heterocycles. The SMILES string of the molecule is O=C(Nc1ccn[nH]1)C1CNc2ccccc21. The van der Waals surface area contributed by atoms with Crippen LogP contribution in [-0.4, -0.2) is 22.6 Å². The zero-order chi connectivity index (χ0) is 11.7. The normalized spacial score (nSPS) is 17.3. The number of amides is 1. The highest BCUT2D eigenvalue weighted by molar-refractivity contribution is 5.97. The second-order valence-electron chi connectivity index (χ2n) is 3.98. The largest absolute Gasteiger partial charge is 0.384 e. The van der Waals surface area contributed by atoms with Crippen LogP contribution < -0.4 is 10.6 Å². The Morgan fingerprint density at radius 2 is 2.24 bits per heavy atom. The van der Waals surface area contributed by atoms with E-state index in [1.165, 1.54) is 0 Å². The maximum absolute atomic E-state index is 12.1. The van der Waals surface area contributed by atoms with Gasteiger partial charge in [-0.05, 0) is 11.6 Å². The van der Waals surface area contributed by atoms with Crippen molar-refractivity contribution in [1.29, 1.82) is 0 Å². The van der Waals surface area contributed by atoms with Crippen LogP contribution in [0.25, 0.3) is 0 Å². The number of rotatable bonds is 2. The average Bonchev–Trinajstić information content (AvgIpc) is 2.96. The number of carbonyl (C=O) groups excluding carboxylic acids is 1. The molecule has 86 valence electrons. The Morgan fingerprint density at radius 3 is 3.06 bits per heavy atom. The molecule has 3 rings (SSSR count). The van der Waals surface area contributed by atoms with Gasteiger partial charge in [-0.2, -0.15) is 5.10 Å². The number of hydrogen-bond donors (Lipinski definition) is 3. The van der Waals surface area contributed by atoms with Crippen LogP contribution in [0.1, 0.15) is 11.5 Å². The summed E-state index contributed by atoms with van der Waals surface area (Å²) < 4.78 is 0. The van der Waals surface area contributed by atoms with Crippen molar-refractivity contribution in [3.05, 3.63) is 42.1 Å². The van der Waals surface area contributed by atoms with Crippen molar-refractivity contribution >= 4 is 17.4 Å². The van der Waals surface area contributed by atoms with Gasteiger partial charge in [-0.25, -0.2) is 0 Å². The highest BCUT2D eigenvalue weighted by Gasteiger charge is 2.28. The number of carbonyl (C=O) groups is 1. The number of nitrogens with one attached hydrogen (secondary N) is 3. The summed E-state index contributed by atoms with van der Waals surface area (Å²) in [4.78, 5) is 12.1. The number of nitrogens with zero attached hydrogens (tertiary/aromatic N) is 1. The Balaban J connectivity index is 1.80. The van der Waals surface area contributed by atoms with Crippen LogP contribution in [0, 0.1) is 0 Å². The molecule has 1 aliphatic rings. The van der Waals surface area contributed by atoms with Crippen LogP contribution in [0.15, 0.2) is 36.5 Å². The number of hydrogen-bond acceptors (Lipinski definition) is 3. The molecular weight excluding hydrogens is 216 g/mol. The molecule has 0 spiro atoms. The minimum Gasteiger partial charge on any atom is -0.384 e. The molecule has 0 aliphatic carbocycles. The first kappa shape index (κ1) is 9.89. The molecule has 0 fully saturated rings. The lowest BCUT2D eigenvalue weighted by molar-refractivity contribution is -0.117. The summed E-state index contributed by atoms with van der Waals surface area (Å²) in [5, 5.41) is 12.5. The van der Waals surface area contributed by atoms with Crippen LogP contribution in [0.3, 0.4) is 0 Å². The van der Waals surface area contributed by atoms with Gasteiger partial charge >= 0.3 is 0 Å². The Kier molecular flexibility index (Phi) is 2.29. The molecule has 0 bridgehead atoms. The zero-order valence-electron chi connectivity index (χ0n) is 9.10. The molecule has 1 atom stereocenters. The molecule has 2 aromatic rings. The van der Waals surface area contributed by atoms with Crippen LogP contribution in [0.4, 0.5) is 11.5 Å². The third-order valence-corrected chi connectivity index (χ3v) is 2.91. The number of aromatic amines is 1. The molecule has 5 heteroatoms. The quantitative estimate of drug-likeness (QED) is 0.730. The number of benzene rings is 1. The number of para-hydroxylation sites is 1. The molecule has 2 heterocycles. The van der Waals surface area contributed by atoms with E-state index in [1.54, 1.807) is 12.3 Å². The molecule has 1 amide bonds. The van der Waals surface area contributed by atoms with E-state index < -0.39 is 0 Å². The van der Waals surface area contributed by atoms with Crippen molar-refractivity contribution in [1.82, 2.24) is 10.2 Å². The van der Waals surface area contributed by atoms with Crippen molar-refractivity contribution < 1.29 is 4.79 Å². The first-order valence-corrected chi connectivity index (χ1v) is 5.47. The van der Waals surface area contributed by atoms with Crippen molar-refractivity contribution in [2.75, 3.05) is 17.2 Å². The average molecular weight is 228 g/mol. The number of anilines is 2. The second kappa shape index (κ2) is 3.93. The van der Waals surface area contributed by atoms with Gasteiger partial charge in [-0.15, -0.1) is 0 Å². The highest BCUT2D eigenvalue weighted by Crippen LogP contribution is 2.31. The van der Waals surface area contributed by atoms with Gasteiger partial charge in [-0.1, -0.05) is 18.2 Å². The van der Waals surface area contributed by atoms with Gasteiger partial charge in [0.2, 0.25) is 5.91 Å². The third kappa shape index (κ3) is 1.75. The van der Waals surface area contributed by atoms with Gasteiger partial charge in [0.05, 0.1) is 12.1 Å². The summed E-state index contributed by atoms with van der Waals surface area (Å²) in [5.41, 5.74) is 2.08. The number of H-pyrrole nitrogens is 1. The van der Waals surface area contributed by atoms with Gasteiger partial charge in [0.1, 0.15) is 5.82 Å². The van der Waals surface area contributed by atoms with E-state index in [4.69, 9.17) is 0 Å². The molecule has 1 aromatic carbocycles. The molecule has 1 aromatic heterocycles. The monoisotopic (exact) mass is 228 g/mol. The minimum absolute atomic E-state index is 0.0216. The number of fused-ring (bicyclic) bond motifs is 1. The smallest absolute Gasteiger partial charge is 0.234 e. The summed E-state index contributed by atoms with van der Waals surface area (Å²) >= 11 is 0. The summed E-state index contributed by atoms with van der Waals surface area (Å²) in [6.07, 6.45) is 1.61. The second-order valence-corrected chi connectivity index (χ2v) is 3.98. The standard InChI is InChI=1S/C12H12N4O/c17-12(15-11-5-6-14-16-11)9-7-13-10-4-2-1-3-8(9)10/h1-6,9,13H,7H2,(H2,14,15,16,17). The molecule has 5 nitrogen and oxygen atoms in total. The van der Waals surface area contributed by atoms with Gasteiger partial charge in [0.25, 0.3) is 0 Å². The predicted octanol–water partition coefficient (Wildman–Crippen LogP) is 1.56. The lowest BCUT2D eigenvalue weighted by Crippen LogP contribution is -2.22. The Bertz CT molecular complexity index is 535. The molecule has 1 unspecified atom stereocenters. The van der Waals surface area contributed by atoms with E-state index in [1.807, 2.05) is 24.3 Å². The van der Waals surface area contributed by atoms with E-state index in [2.05, 4.69) is 20.8 Å². The lowest BCUT2D eigenvalue weighted by Gasteiger charge is -2.09. The van der Waals surface area contributed by atoms with Crippen molar-refractivity contribution in [2.45, 2.75) is 5.92 Å². The van der Waals surface area contributed by atoms with Crippen LogP contribution in [0.5, 0.6) is 0 Å². The maximum Gasteiger partial charge on any atom is 0.234 e. The molecule has 3 N–H and O–H groups in total. The fourth-order valence-corrected chi connectivity index (χ4v) is 2.06. The first-order chi connectivity index (χ1) is 8.34. The van der Waals surface area contributed by atoms with Gasteiger partial charge < -0.3 is 10.6 Å². The van der Waals surface area contributed by atoms with Crippen molar-refractivity contribution in [3.63, 3.8) is 0 Å². The zero-order valence-corrected chi connectivity index (χ0v) is 9.10. The Hall–Kier alpha value is -2.30. The van der Waals surface area contributed by atoms with Crippen molar-refractivity contribution in [2.24, 2.45) is 0 Å². The Labute approximate surface area is 98.2 Å². The van der Waals surface area contributed by atoms with E-state index in [-0.39, 0.29) is 11.8 Å². The number of aromatic nitrogens is 2. The van der Waals surface area contributed by atoms with Crippen LogP contribution in [0.2, 0.25) is 0 Å². The van der Waals surface area contributed by atoms with E-state index in [0.717, 1.165) is 11.3 Å². The molecular formula is C12H12N4O. The van der Waals surface area contributed by atoms with Crippen LogP contribution in [-0.2, 0) is 4.79 Å². The summed E-state index contributed by atoms with van der Waals surface area (Å²) in [7, 11) is 0. The van der Waals surface area contributed by atoms with Crippen molar-refractivity contribution in [3.8, 4) is 0 Å². The van der Waals surface area contributed by atoms with E-state index >= 15 is 0 Å². The predicted molar refractivity (Wildman–Crippen MR) is 64.9 cm³/mol. The maximum atomic E-state index is 12.1. The highest BCUT2D eigenvalue weighted by atomic mass is 16.2. The summed E-state index contributed by atoms with van der Waals surface area (Å²) in [5.74, 6) is 0.459. The van der Waals surface area contributed by atoms with E-state index in [0.29, 0.717) is 12.4 Å². The molecule has 0 radical (unpaired) electrons. The fraction of sp³-hybridized carbons (Fsp3) is 0.167. The van der Waals surface area contributed by atoms with Gasteiger partial charge in [0.15, 0.2) is 0 Å². The fourth-order valence-electron chi connectivity index (χ4n) is 2.06. The topological polar surface area (TPSA) is 69.8 Å². The van der Waals surface area contributed by atoms with E-state index in [9.17, 15) is 4.79 Å². The molecule has 0 saturated heterocycles. The third-order valence-electron chi connectivity index (χ3n) is 2.91.